The van der Waals surface area contributed by atoms with Crippen LogP contribution in [0.2, 0.25) is 0 Å². The van der Waals surface area contributed by atoms with E-state index in [4.69, 9.17) is 0 Å². The lowest BCUT2D eigenvalue weighted by Crippen LogP contribution is -2.14. The number of hydrogen-bond acceptors (Lipinski definition) is 2. The van der Waals surface area contributed by atoms with Gasteiger partial charge in [0.25, 0.3) is 0 Å². The Morgan fingerprint density at radius 1 is 1.39 bits per heavy atom. The van der Waals surface area contributed by atoms with Gasteiger partial charge in [0.2, 0.25) is 0 Å². The predicted molar refractivity (Wildman–Crippen MR) is 75.7 cm³/mol. The smallest absolute Gasteiger partial charge is 0.182 e. The minimum Gasteiger partial charge on any atom is -0.292 e. The molecule has 2 rings (SSSR count). The Hall–Kier alpha value is -0.640. The van der Waals surface area contributed by atoms with Crippen LogP contribution in [0.3, 0.4) is 0 Å². The molecule has 0 unspecified atom stereocenters. The van der Waals surface area contributed by atoms with Crippen molar-refractivity contribution in [1.29, 1.82) is 0 Å². The van der Waals surface area contributed by atoms with E-state index in [0.717, 1.165) is 16.7 Å². The average Bonchev–Trinajstić information content (AvgIpc) is 2.57. The number of hydrogen-bond donors (Lipinski definition) is 0. The largest absolute Gasteiger partial charge is 0.292 e. The third-order valence-corrected chi connectivity index (χ3v) is 4.39. The third kappa shape index (κ3) is 3.22. The van der Waals surface area contributed by atoms with E-state index in [-0.39, 0.29) is 5.78 Å². The average molecular weight is 313 g/mol. The second kappa shape index (κ2) is 6.50. The molecule has 0 saturated heterocycles. The fourth-order valence-corrected chi connectivity index (χ4v) is 3.32. The number of rotatable bonds is 4. The topological polar surface area (TPSA) is 34.9 Å². The van der Waals surface area contributed by atoms with Crippen LogP contribution in [0.4, 0.5) is 0 Å². The first kappa shape index (κ1) is 13.8. The molecule has 3 nitrogen and oxygen atoms in total. The van der Waals surface area contributed by atoms with Gasteiger partial charge in [-0.1, -0.05) is 38.5 Å². The molecule has 100 valence electrons. The number of aryl methyl sites for hydroxylation is 1. The van der Waals surface area contributed by atoms with Crippen LogP contribution in [-0.4, -0.2) is 15.6 Å². The summed E-state index contributed by atoms with van der Waals surface area (Å²) in [4.78, 5) is 12.4. The van der Waals surface area contributed by atoms with Gasteiger partial charge in [0.1, 0.15) is 5.69 Å². The standard InChI is InChI=1S/C14H21BrN2O/c1-2-17-14(12(15)10-16-17)13(18)9-11-7-5-3-4-6-8-11/h10-11H,2-9H2,1H3. The van der Waals surface area contributed by atoms with Crippen molar-refractivity contribution in [2.24, 2.45) is 5.92 Å². The van der Waals surface area contributed by atoms with E-state index >= 15 is 0 Å². The van der Waals surface area contributed by atoms with Crippen molar-refractivity contribution in [2.45, 2.75) is 58.4 Å². The van der Waals surface area contributed by atoms with E-state index in [2.05, 4.69) is 21.0 Å². The molecule has 1 aromatic heterocycles. The molecule has 1 fully saturated rings. The van der Waals surface area contributed by atoms with Crippen molar-refractivity contribution in [2.75, 3.05) is 0 Å². The van der Waals surface area contributed by atoms with Crippen molar-refractivity contribution in [3.63, 3.8) is 0 Å². The molecule has 0 bridgehead atoms. The van der Waals surface area contributed by atoms with Crippen LogP contribution < -0.4 is 0 Å². The van der Waals surface area contributed by atoms with E-state index in [9.17, 15) is 4.79 Å². The van der Waals surface area contributed by atoms with Crippen molar-refractivity contribution in [1.82, 2.24) is 9.78 Å². The Labute approximate surface area is 117 Å². The highest BCUT2D eigenvalue weighted by atomic mass is 79.9. The number of nitrogens with zero attached hydrogens (tertiary/aromatic N) is 2. The highest BCUT2D eigenvalue weighted by molar-refractivity contribution is 9.10. The summed E-state index contributed by atoms with van der Waals surface area (Å²) < 4.78 is 2.63. The number of carbonyl (C=O) groups excluding carboxylic acids is 1. The Kier molecular flexibility index (Phi) is 4.98. The molecular weight excluding hydrogens is 292 g/mol. The van der Waals surface area contributed by atoms with E-state index in [1.165, 1.54) is 38.5 Å². The van der Waals surface area contributed by atoms with Gasteiger partial charge in [-0.3, -0.25) is 9.48 Å². The number of Topliss-reactive ketones (excluding diaryl/α,β-unsaturated/α-hetero) is 1. The van der Waals surface area contributed by atoms with Crippen LogP contribution in [0.15, 0.2) is 10.7 Å². The lowest BCUT2D eigenvalue weighted by Gasteiger charge is -2.13. The summed E-state index contributed by atoms with van der Waals surface area (Å²) in [7, 11) is 0. The van der Waals surface area contributed by atoms with E-state index < -0.39 is 0 Å². The number of halogens is 1. The minimum absolute atomic E-state index is 0.244. The Bertz CT molecular complexity index is 406. The maximum Gasteiger partial charge on any atom is 0.182 e. The summed E-state index contributed by atoms with van der Waals surface area (Å²) in [6.45, 7) is 2.76. The van der Waals surface area contributed by atoms with Crippen LogP contribution in [0, 0.1) is 5.92 Å². The molecule has 1 aliphatic rings. The molecule has 0 aliphatic heterocycles. The molecule has 0 aromatic carbocycles. The van der Waals surface area contributed by atoms with Gasteiger partial charge in [-0.2, -0.15) is 5.10 Å². The van der Waals surface area contributed by atoms with Crippen molar-refractivity contribution < 1.29 is 4.79 Å². The lowest BCUT2D eigenvalue weighted by atomic mass is 9.93. The summed E-state index contributed by atoms with van der Waals surface area (Å²) in [6.07, 6.45) is 10.1. The molecule has 4 heteroatoms. The van der Waals surface area contributed by atoms with E-state index in [0.29, 0.717) is 12.3 Å². The molecule has 0 radical (unpaired) electrons. The van der Waals surface area contributed by atoms with Gasteiger partial charge in [0.15, 0.2) is 5.78 Å². The zero-order valence-electron chi connectivity index (χ0n) is 11.0. The number of aromatic nitrogens is 2. The molecule has 18 heavy (non-hydrogen) atoms. The number of carbonyl (C=O) groups is 1. The Balaban J connectivity index is 2.04. The first-order chi connectivity index (χ1) is 8.72. The van der Waals surface area contributed by atoms with Crippen LogP contribution in [0.1, 0.15) is 62.4 Å². The molecule has 1 saturated carbocycles. The molecule has 1 heterocycles. The van der Waals surface area contributed by atoms with Gasteiger partial charge < -0.3 is 0 Å². The molecule has 0 amide bonds. The molecule has 1 aromatic rings. The minimum atomic E-state index is 0.244. The first-order valence-corrected chi connectivity index (χ1v) is 7.76. The summed E-state index contributed by atoms with van der Waals surface area (Å²) in [6, 6.07) is 0. The molecule has 0 spiro atoms. The summed E-state index contributed by atoms with van der Waals surface area (Å²) >= 11 is 3.43. The highest BCUT2D eigenvalue weighted by Crippen LogP contribution is 2.28. The van der Waals surface area contributed by atoms with Crippen LogP contribution in [-0.2, 0) is 6.54 Å². The molecule has 0 N–H and O–H groups in total. The van der Waals surface area contributed by atoms with Gasteiger partial charge in [0.05, 0.1) is 10.7 Å². The molecule has 0 atom stereocenters. The summed E-state index contributed by atoms with van der Waals surface area (Å²) in [5, 5.41) is 4.22. The van der Waals surface area contributed by atoms with Gasteiger partial charge in [0, 0.05) is 13.0 Å². The van der Waals surface area contributed by atoms with Crippen LogP contribution in [0.25, 0.3) is 0 Å². The van der Waals surface area contributed by atoms with Gasteiger partial charge in [-0.05, 0) is 28.8 Å². The second-order valence-corrected chi connectivity index (χ2v) is 6.00. The molecule has 1 aliphatic carbocycles. The SMILES string of the molecule is CCn1ncc(Br)c1C(=O)CC1CCCCCC1. The van der Waals surface area contributed by atoms with Crippen molar-refractivity contribution in [3.8, 4) is 0 Å². The fraction of sp³-hybridized carbons (Fsp3) is 0.714. The van der Waals surface area contributed by atoms with E-state index in [1.807, 2.05) is 6.92 Å². The van der Waals surface area contributed by atoms with Crippen molar-refractivity contribution >= 4 is 21.7 Å². The third-order valence-electron chi connectivity index (χ3n) is 3.81. The zero-order valence-corrected chi connectivity index (χ0v) is 12.6. The van der Waals surface area contributed by atoms with Crippen LogP contribution in [0.5, 0.6) is 0 Å². The molecular formula is C14H21BrN2O. The van der Waals surface area contributed by atoms with Gasteiger partial charge >= 0.3 is 0 Å². The fourth-order valence-electron chi connectivity index (χ4n) is 2.81. The quantitative estimate of drug-likeness (QED) is 0.616. The zero-order chi connectivity index (χ0) is 13.0. The Morgan fingerprint density at radius 2 is 2.06 bits per heavy atom. The number of ketones is 1. The first-order valence-electron chi connectivity index (χ1n) is 6.97. The van der Waals surface area contributed by atoms with Crippen molar-refractivity contribution in [3.05, 3.63) is 16.4 Å². The van der Waals surface area contributed by atoms with E-state index in [1.54, 1.807) is 10.9 Å². The maximum absolute atomic E-state index is 12.4. The summed E-state index contributed by atoms with van der Waals surface area (Å²) in [5.74, 6) is 0.820. The summed E-state index contributed by atoms with van der Waals surface area (Å²) in [5.41, 5.74) is 0.752. The van der Waals surface area contributed by atoms with Gasteiger partial charge in [-0.25, -0.2) is 0 Å². The lowest BCUT2D eigenvalue weighted by molar-refractivity contribution is 0.0945. The Morgan fingerprint density at radius 3 is 2.67 bits per heavy atom. The monoisotopic (exact) mass is 312 g/mol. The predicted octanol–water partition coefficient (Wildman–Crippen LogP) is 4.21. The normalized spacial score (nSPS) is 17.7. The van der Waals surface area contributed by atoms with Crippen LogP contribution >= 0.6 is 15.9 Å². The maximum atomic E-state index is 12.4. The highest BCUT2D eigenvalue weighted by Gasteiger charge is 2.21. The second-order valence-electron chi connectivity index (χ2n) is 5.14. The van der Waals surface area contributed by atoms with Gasteiger partial charge in [-0.15, -0.1) is 0 Å².